The molecule has 0 spiro atoms. The van der Waals surface area contributed by atoms with E-state index in [1.165, 1.54) is 6.07 Å². The quantitative estimate of drug-likeness (QED) is 0.764. The summed E-state index contributed by atoms with van der Waals surface area (Å²) in [5.41, 5.74) is 2.24. The van der Waals surface area contributed by atoms with E-state index >= 15 is 0 Å². The molecule has 0 N–H and O–H groups in total. The molecule has 19 heavy (non-hydrogen) atoms. The van der Waals surface area contributed by atoms with Crippen molar-refractivity contribution in [3.8, 4) is 0 Å². The lowest BCUT2D eigenvalue weighted by Crippen LogP contribution is -2.48. The van der Waals surface area contributed by atoms with Crippen LogP contribution in [-0.4, -0.2) is 18.4 Å². The summed E-state index contributed by atoms with van der Waals surface area (Å²) in [5.74, 6) is -0.0721. The number of hydrogen-bond acceptors (Lipinski definition) is 2. The summed E-state index contributed by atoms with van der Waals surface area (Å²) in [7, 11) is 0. The van der Waals surface area contributed by atoms with Crippen molar-refractivity contribution in [1.29, 1.82) is 0 Å². The Hall–Kier alpha value is -1.38. The van der Waals surface area contributed by atoms with E-state index in [0.717, 1.165) is 30.6 Å². The molecule has 1 aliphatic rings. The Morgan fingerprint density at radius 2 is 2.16 bits per heavy atom. The maximum Gasteiger partial charge on any atom is 0.153 e. The zero-order valence-electron chi connectivity index (χ0n) is 12.2. The zero-order valence-corrected chi connectivity index (χ0v) is 12.2. The number of hydrogen-bond donors (Lipinski definition) is 0. The molecule has 104 valence electrons. The number of carbonyl (C=O) groups is 1. The highest BCUT2D eigenvalue weighted by atomic mass is 19.1. The molecule has 0 bridgehead atoms. The van der Waals surface area contributed by atoms with Crippen LogP contribution in [0.5, 0.6) is 0 Å². The average molecular weight is 263 g/mol. The van der Waals surface area contributed by atoms with Gasteiger partial charge in [0.25, 0.3) is 0 Å². The average Bonchev–Trinajstić information content (AvgIpc) is 2.33. The minimum atomic E-state index is -0.417. The Morgan fingerprint density at radius 3 is 2.74 bits per heavy atom. The second-order valence-electron chi connectivity index (χ2n) is 6.12. The summed E-state index contributed by atoms with van der Waals surface area (Å²) >= 11 is 0. The minimum absolute atomic E-state index is 0.0254. The summed E-state index contributed by atoms with van der Waals surface area (Å²) in [6.45, 7) is 9.59. The Balaban J connectivity index is 2.58. The fourth-order valence-electron chi connectivity index (χ4n) is 3.26. The summed E-state index contributed by atoms with van der Waals surface area (Å²) in [6, 6.07) is 3.26. The summed E-state index contributed by atoms with van der Waals surface area (Å²) < 4.78 is 13.9. The van der Waals surface area contributed by atoms with E-state index < -0.39 is 5.82 Å². The van der Waals surface area contributed by atoms with Crippen molar-refractivity contribution in [1.82, 2.24) is 0 Å². The van der Waals surface area contributed by atoms with E-state index in [4.69, 9.17) is 0 Å². The molecule has 0 fully saturated rings. The first-order chi connectivity index (χ1) is 8.90. The Bertz CT molecular complexity index is 496. The fraction of sp³-hybridized carbons (Fsp3) is 0.562. The molecule has 0 aromatic heterocycles. The molecule has 0 aliphatic carbocycles. The maximum absolute atomic E-state index is 13.9. The van der Waals surface area contributed by atoms with Gasteiger partial charge in [-0.2, -0.15) is 0 Å². The third kappa shape index (κ3) is 2.38. The number of halogens is 1. The van der Waals surface area contributed by atoms with Gasteiger partial charge in [0.15, 0.2) is 6.29 Å². The summed E-state index contributed by atoms with van der Waals surface area (Å²) in [4.78, 5) is 13.2. The molecule has 1 heterocycles. The Labute approximate surface area is 114 Å². The minimum Gasteiger partial charge on any atom is -0.366 e. The molecule has 1 aromatic carbocycles. The van der Waals surface area contributed by atoms with Crippen LogP contribution in [-0.2, 0) is 0 Å². The van der Waals surface area contributed by atoms with E-state index in [1.807, 2.05) is 0 Å². The number of anilines is 1. The highest BCUT2D eigenvalue weighted by Gasteiger charge is 2.36. The summed E-state index contributed by atoms with van der Waals surface area (Å²) in [6.07, 6.45) is 2.64. The molecule has 0 saturated heterocycles. The Morgan fingerprint density at radius 1 is 1.47 bits per heavy atom. The normalized spacial score (nSPS) is 21.1. The zero-order chi connectivity index (χ0) is 14.2. The van der Waals surface area contributed by atoms with Crippen LogP contribution in [0, 0.1) is 5.82 Å². The van der Waals surface area contributed by atoms with Crippen molar-refractivity contribution >= 4 is 12.0 Å². The molecular formula is C16H22FNO. The van der Waals surface area contributed by atoms with E-state index in [9.17, 15) is 9.18 Å². The van der Waals surface area contributed by atoms with Gasteiger partial charge in [-0.15, -0.1) is 0 Å². The second kappa shape index (κ2) is 4.95. The van der Waals surface area contributed by atoms with E-state index in [0.29, 0.717) is 12.2 Å². The van der Waals surface area contributed by atoms with Crippen LogP contribution < -0.4 is 4.90 Å². The van der Waals surface area contributed by atoms with Crippen molar-refractivity contribution in [2.75, 3.05) is 11.4 Å². The number of nitrogens with zero attached hydrogens (tertiary/aromatic N) is 1. The van der Waals surface area contributed by atoms with Crippen molar-refractivity contribution in [3.63, 3.8) is 0 Å². The van der Waals surface area contributed by atoms with Gasteiger partial charge in [0.1, 0.15) is 5.82 Å². The van der Waals surface area contributed by atoms with Crippen LogP contribution in [0.4, 0.5) is 10.1 Å². The maximum atomic E-state index is 13.9. The fourth-order valence-corrected chi connectivity index (χ4v) is 3.26. The SMILES string of the molecule is CCCN1c2cc(F)c(C=O)cc2[C@@H](C)CC1(C)C. The van der Waals surface area contributed by atoms with Crippen molar-refractivity contribution < 1.29 is 9.18 Å². The van der Waals surface area contributed by atoms with Crippen LogP contribution in [0.2, 0.25) is 0 Å². The molecule has 0 saturated carbocycles. The molecule has 1 aliphatic heterocycles. The molecule has 1 aromatic rings. The van der Waals surface area contributed by atoms with E-state index in [-0.39, 0.29) is 11.1 Å². The van der Waals surface area contributed by atoms with E-state index in [1.54, 1.807) is 6.07 Å². The smallest absolute Gasteiger partial charge is 0.153 e. The number of aldehydes is 1. The lowest BCUT2D eigenvalue weighted by molar-refractivity contribution is 0.111. The largest absolute Gasteiger partial charge is 0.366 e. The highest BCUT2D eigenvalue weighted by Crippen LogP contribution is 2.44. The van der Waals surface area contributed by atoms with Crippen LogP contribution >= 0.6 is 0 Å². The first-order valence-electron chi connectivity index (χ1n) is 6.97. The second-order valence-corrected chi connectivity index (χ2v) is 6.12. The van der Waals surface area contributed by atoms with Gasteiger partial charge in [-0.3, -0.25) is 4.79 Å². The molecule has 0 amide bonds. The van der Waals surface area contributed by atoms with Gasteiger partial charge in [0, 0.05) is 17.8 Å². The Kier molecular flexibility index (Phi) is 3.66. The van der Waals surface area contributed by atoms with Gasteiger partial charge in [-0.1, -0.05) is 13.8 Å². The number of benzene rings is 1. The molecule has 3 heteroatoms. The van der Waals surface area contributed by atoms with Gasteiger partial charge < -0.3 is 4.90 Å². The number of carbonyl (C=O) groups excluding carboxylic acids is 1. The van der Waals surface area contributed by atoms with Gasteiger partial charge in [0.2, 0.25) is 0 Å². The standard InChI is InChI=1S/C16H22FNO/c1-5-6-18-15-8-14(17)12(10-19)7-13(15)11(2)9-16(18,3)4/h7-8,10-11H,5-6,9H2,1-4H3/t11-/m0/s1. The highest BCUT2D eigenvalue weighted by molar-refractivity contribution is 5.78. The van der Waals surface area contributed by atoms with Gasteiger partial charge in [-0.25, -0.2) is 4.39 Å². The van der Waals surface area contributed by atoms with Crippen molar-refractivity contribution in [3.05, 3.63) is 29.1 Å². The molecule has 0 radical (unpaired) electrons. The first-order valence-corrected chi connectivity index (χ1v) is 6.97. The number of rotatable bonds is 3. The van der Waals surface area contributed by atoms with Crippen molar-refractivity contribution in [2.24, 2.45) is 0 Å². The molecule has 2 nitrogen and oxygen atoms in total. The lowest BCUT2D eigenvalue weighted by atomic mass is 9.79. The number of fused-ring (bicyclic) bond motifs is 1. The predicted octanol–water partition coefficient (Wildman–Crippen LogP) is 4.14. The molecule has 0 unspecified atom stereocenters. The van der Waals surface area contributed by atoms with E-state index in [2.05, 4.69) is 32.6 Å². The lowest BCUT2D eigenvalue weighted by Gasteiger charge is -2.47. The summed E-state index contributed by atoms with van der Waals surface area (Å²) in [5, 5.41) is 0. The van der Waals surface area contributed by atoms with Gasteiger partial charge in [-0.05, 0) is 50.3 Å². The van der Waals surface area contributed by atoms with Crippen LogP contribution in [0.1, 0.15) is 62.4 Å². The first kappa shape index (κ1) is 14.0. The molecular weight excluding hydrogens is 241 g/mol. The third-order valence-corrected chi connectivity index (χ3v) is 4.08. The van der Waals surface area contributed by atoms with Crippen LogP contribution in [0.15, 0.2) is 12.1 Å². The topological polar surface area (TPSA) is 20.3 Å². The predicted molar refractivity (Wildman–Crippen MR) is 76.5 cm³/mol. The monoisotopic (exact) mass is 263 g/mol. The van der Waals surface area contributed by atoms with Crippen molar-refractivity contribution in [2.45, 2.75) is 52.0 Å². The van der Waals surface area contributed by atoms with Gasteiger partial charge in [0.05, 0.1) is 5.56 Å². The third-order valence-electron chi connectivity index (χ3n) is 4.08. The van der Waals surface area contributed by atoms with Crippen LogP contribution in [0.3, 0.4) is 0 Å². The van der Waals surface area contributed by atoms with Gasteiger partial charge >= 0.3 is 0 Å². The molecule has 2 rings (SSSR count). The van der Waals surface area contributed by atoms with Crippen LogP contribution in [0.25, 0.3) is 0 Å². The molecule has 1 atom stereocenters.